The van der Waals surface area contributed by atoms with Gasteiger partial charge in [-0.1, -0.05) is 11.9 Å². The molecule has 0 aliphatic carbocycles. The zero-order valence-electron chi connectivity index (χ0n) is 8.58. The average molecular weight is 204 g/mol. The van der Waals surface area contributed by atoms with E-state index in [9.17, 15) is 0 Å². The van der Waals surface area contributed by atoms with Crippen LogP contribution in [0, 0.1) is 0 Å². The molecule has 1 N–H and O–H groups in total. The van der Waals surface area contributed by atoms with E-state index < -0.39 is 0 Å². The molecule has 3 nitrogen and oxygen atoms in total. The summed E-state index contributed by atoms with van der Waals surface area (Å²) in [6, 6.07) is 0. The summed E-state index contributed by atoms with van der Waals surface area (Å²) in [5, 5.41) is 0. The Bertz CT molecular complexity index is 135. The molecule has 1 heterocycles. The van der Waals surface area contributed by atoms with Crippen LogP contribution in [0.2, 0.25) is 0 Å². The van der Waals surface area contributed by atoms with Crippen molar-refractivity contribution >= 4 is 11.9 Å². The fraction of sp³-hybridized carbons (Fsp3) is 1.00. The summed E-state index contributed by atoms with van der Waals surface area (Å²) in [5.74, 6) is 0. The number of rotatable bonds is 5. The van der Waals surface area contributed by atoms with Gasteiger partial charge in [-0.25, -0.2) is 0 Å². The SMILES string of the molecule is CSNCCCC1CN(C)CCO1. The van der Waals surface area contributed by atoms with Gasteiger partial charge >= 0.3 is 0 Å². The van der Waals surface area contributed by atoms with Crippen LogP contribution in [0.25, 0.3) is 0 Å². The quantitative estimate of drug-likeness (QED) is 0.533. The molecule has 1 unspecified atom stereocenters. The van der Waals surface area contributed by atoms with Crippen LogP contribution >= 0.6 is 11.9 Å². The number of morpholine rings is 1. The molecule has 4 heteroatoms. The highest BCUT2D eigenvalue weighted by atomic mass is 32.2. The van der Waals surface area contributed by atoms with Crippen LogP contribution in [0.15, 0.2) is 0 Å². The third-order valence-electron chi connectivity index (χ3n) is 2.29. The van der Waals surface area contributed by atoms with Gasteiger partial charge in [-0.05, 0) is 26.1 Å². The van der Waals surface area contributed by atoms with E-state index in [4.69, 9.17) is 4.74 Å². The summed E-state index contributed by atoms with van der Waals surface area (Å²) in [6.07, 6.45) is 4.91. The van der Waals surface area contributed by atoms with E-state index >= 15 is 0 Å². The summed E-state index contributed by atoms with van der Waals surface area (Å²) >= 11 is 1.69. The second kappa shape index (κ2) is 6.65. The zero-order valence-corrected chi connectivity index (χ0v) is 9.40. The first-order valence-corrected chi connectivity index (χ1v) is 6.11. The Hall–Kier alpha value is 0.230. The lowest BCUT2D eigenvalue weighted by Gasteiger charge is -2.30. The van der Waals surface area contributed by atoms with E-state index in [-0.39, 0.29) is 0 Å². The minimum Gasteiger partial charge on any atom is -0.376 e. The first kappa shape index (κ1) is 11.3. The van der Waals surface area contributed by atoms with E-state index in [2.05, 4.69) is 22.9 Å². The molecule has 0 aromatic carbocycles. The minimum absolute atomic E-state index is 0.461. The van der Waals surface area contributed by atoms with Gasteiger partial charge in [0.15, 0.2) is 0 Å². The molecular weight excluding hydrogens is 184 g/mol. The fourth-order valence-electron chi connectivity index (χ4n) is 1.55. The number of ether oxygens (including phenoxy) is 1. The van der Waals surface area contributed by atoms with Crippen molar-refractivity contribution in [3.05, 3.63) is 0 Å². The number of nitrogens with zero attached hydrogens (tertiary/aromatic N) is 1. The van der Waals surface area contributed by atoms with E-state index in [0.717, 1.165) is 26.2 Å². The average Bonchev–Trinajstić information content (AvgIpc) is 2.13. The molecule has 1 atom stereocenters. The van der Waals surface area contributed by atoms with Gasteiger partial charge in [-0.2, -0.15) is 0 Å². The van der Waals surface area contributed by atoms with Crippen molar-refractivity contribution in [1.82, 2.24) is 9.62 Å². The zero-order chi connectivity index (χ0) is 9.52. The number of hydrogen-bond acceptors (Lipinski definition) is 4. The second-order valence-electron chi connectivity index (χ2n) is 3.50. The van der Waals surface area contributed by atoms with Crippen LogP contribution in [0.1, 0.15) is 12.8 Å². The molecule has 0 aromatic rings. The molecule has 0 radical (unpaired) electrons. The lowest BCUT2D eigenvalue weighted by atomic mass is 10.1. The normalized spacial score (nSPS) is 24.9. The summed E-state index contributed by atoms with van der Waals surface area (Å²) < 4.78 is 8.90. The van der Waals surface area contributed by atoms with E-state index in [1.165, 1.54) is 12.8 Å². The van der Waals surface area contributed by atoms with Crippen molar-refractivity contribution in [2.75, 3.05) is 39.5 Å². The Labute approximate surface area is 85.3 Å². The Morgan fingerprint density at radius 3 is 3.15 bits per heavy atom. The van der Waals surface area contributed by atoms with Gasteiger partial charge in [-0.15, -0.1) is 0 Å². The molecule has 0 amide bonds. The van der Waals surface area contributed by atoms with Crippen molar-refractivity contribution in [2.45, 2.75) is 18.9 Å². The maximum atomic E-state index is 5.65. The van der Waals surface area contributed by atoms with E-state index in [1.807, 2.05) is 0 Å². The molecule has 0 aromatic heterocycles. The first-order valence-electron chi connectivity index (χ1n) is 4.89. The van der Waals surface area contributed by atoms with Gasteiger partial charge < -0.3 is 9.64 Å². The van der Waals surface area contributed by atoms with Crippen LogP contribution in [0.4, 0.5) is 0 Å². The third kappa shape index (κ3) is 4.86. The van der Waals surface area contributed by atoms with Gasteiger partial charge in [0.2, 0.25) is 0 Å². The van der Waals surface area contributed by atoms with Crippen LogP contribution in [0.5, 0.6) is 0 Å². The number of likely N-dealkylation sites (N-methyl/N-ethyl adjacent to an activating group) is 1. The van der Waals surface area contributed by atoms with Crippen molar-refractivity contribution in [3.8, 4) is 0 Å². The van der Waals surface area contributed by atoms with Crippen LogP contribution in [-0.2, 0) is 4.74 Å². The summed E-state index contributed by atoms with van der Waals surface area (Å²) in [6.45, 7) is 4.17. The highest BCUT2D eigenvalue weighted by Crippen LogP contribution is 2.08. The second-order valence-corrected chi connectivity index (χ2v) is 4.19. The Morgan fingerprint density at radius 2 is 2.46 bits per heavy atom. The summed E-state index contributed by atoms with van der Waals surface area (Å²) in [4.78, 5) is 2.34. The Balaban J connectivity index is 2.00. The highest BCUT2D eigenvalue weighted by molar-refractivity contribution is 7.96. The van der Waals surface area contributed by atoms with Gasteiger partial charge in [-0.3, -0.25) is 4.72 Å². The third-order valence-corrected chi connectivity index (χ3v) is 2.78. The topological polar surface area (TPSA) is 24.5 Å². The van der Waals surface area contributed by atoms with Crippen molar-refractivity contribution in [1.29, 1.82) is 0 Å². The molecule has 0 saturated carbocycles. The number of hydrogen-bond donors (Lipinski definition) is 1. The molecule has 0 bridgehead atoms. The van der Waals surface area contributed by atoms with Gasteiger partial charge in [0.25, 0.3) is 0 Å². The van der Waals surface area contributed by atoms with E-state index in [0.29, 0.717) is 6.10 Å². The predicted octanol–water partition coefficient (Wildman–Crippen LogP) is 0.965. The van der Waals surface area contributed by atoms with Crippen molar-refractivity contribution in [2.24, 2.45) is 0 Å². The van der Waals surface area contributed by atoms with Crippen molar-refractivity contribution in [3.63, 3.8) is 0 Å². The molecule has 1 rings (SSSR count). The number of nitrogens with one attached hydrogen (secondary N) is 1. The standard InChI is InChI=1S/C9H20N2OS/c1-11-6-7-12-9(8-11)4-3-5-10-13-2/h9-10H,3-8H2,1-2H3. The van der Waals surface area contributed by atoms with Gasteiger partial charge in [0, 0.05) is 19.6 Å². The lowest BCUT2D eigenvalue weighted by molar-refractivity contribution is -0.0237. The van der Waals surface area contributed by atoms with Crippen molar-refractivity contribution < 1.29 is 4.74 Å². The monoisotopic (exact) mass is 204 g/mol. The Kier molecular flexibility index (Phi) is 5.78. The molecule has 1 fully saturated rings. The molecule has 1 aliphatic rings. The molecule has 1 saturated heterocycles. The maximum absolute atomic E-state index is 5.65. The fourth-order valence-corrected chi connectivity index (χ4v) is 1.89. The van der Waals surface area contributed by atoms with Crippen LogP contribution in [0.3, 0.4) is 0 Å². The van der Waals surface area contributed by atoms with Crippen LogP contribution < -0.4 is 4.72 Å². The first-order chi connectivity index (χ1) is 6.33. The molecule has 1 aliphatic heterocycles. The van der Waals surface area contributed by atoms with Crippen LogP contribution in [-0.4, -0.2) is 50.5 Å². The summed E-state index contributed by atoms with van der Waals surface area (Å²) in [5.41, 5.74) is 0. The largest absolute Gasteiger partial charge is 0.376 e. The molecular formula is C9H20N2OS. The summed E-state index contributed by atoms with van der Waals surface area (Å²) in [7, 11) is 2.16. The lowest BCUT2D eigenvalue weighted by Crippen LogP contribution is -2.40. The van der Waals surface area contributed by atoms with Gasteiger partial charge in [0.1, 0.15) is 0 Å². The highest BCUT2D eigenvalue weighted by Gasteiger charge is 2.16. The Morgan fingerprint density at radius 1 is 1.62 bits per heavy atom. The van der Waals surface area contributed by atoms with Gasteiger partial charge in [0.05, 0.1) is 12.7 Å². The minimum atomic E-state index is 0.461. The molecule has 78 valence electrons. The predicted molar refractivity (Wildman–Crippen MR) is 58.0 cm³/mol. The maximum Gasteiger partial charge on any atom is 0.0703 e. The van der Waals surface area contributed by atoms with E-state index in [1.54, 1.807) is 11.9 Å². The molecule has 13 heavy (non-hydrogen) atoms. The smallest absolute Gasteiger partial charge is 0.0703 e. The molecule has 0 spiro atoms.